The molecule has 0 fully saturated rings. The Morgan fingerprint density at radius 2 is 1.74 bits per heavy atom. The van der Waals surface area contributed by atoms with Crippen LogP contribution in [0.1, 0.15) is 11.3 Å². The summed E-state index contributed by atoms with van der Waals surface area (Å²) in [5.74, 6) is 7.01. The SMILES string of the molecule is C(#Cc1ccccn1)c1cccc(NCOc2ccccc2)c1. The Hall–Kier alpha value is -3.25. The van der Waals surface area contributed by atoms with Crippen LogP contribution in [0.4, 0.5) is 5.69 Å². The molecule has 0 unspecified atom stereocenters. The molecule has 112 valence electrons. The average Bonchev–Trinajstić information content (AvgIpc) is 2.62. The summed E-state index contributed by atoms with van der Waals surface area (Å²) in [5.41, 5.74) is 2.66. The number of nitrogens with zero attached hydrogens (tertiary/aromatic N) is 1. The molecule has 3 nitrogen and oxygen atoms in total. The van der Waals surface area contributed by atoms with E-state index >= 15 is 0 Å². The Morgan fingerprint density at radius 3 is 2.57 bits per heavy atom. The van der Waals surface area contributed by atoms with Gasteiger partial charge in [-0.25, -0.2) is 4.98 Å². The molecular formula is C20H16N2O. The lowest BCUT2D eigenvalue weighted by molar-refractivity contribution is 0.347. The van der Waals surface area contributed by atoms with Crippen LogP contribution >= 0.6 is 0 Å². The molecule has 1 aromatic heterocycles. The fraction of sp³-hybridized carbons (Fsp3) is 0.0500. The zero-order valence-electron chi connectivity index (χ0n) is 12.6. The van der Waals surface area contributed by atoms with Crippen LogP contribution in [0.15, 0.2) is 79.0 Å². The predicted octanol–water partition coefficient (Wildman–Crippen LogP) is 3.93. The monoisotopic (exact) mass is 300 g/mol. The van der Waals surface area contributed by atoms with Gasteiger partial charge in [-0.15, -0.1) is 0 Å². The fourth-order valence-electron chi connectivity index (χ4n) is 2.00. The lowest BCUT2D eigenvalue weighted by Crippen LogP contribution is -2.08. The van der Waals surface area contributed by atoms with Gasteiger partial charge in [0.05, 0.1) is 0 Å². The minimum Gasteiger partial charge on any atom is -0.473 e. The zero-order valence-corrected chi connectivity index (χ0v) is 12.6. The van der Waals surface area contributed by atoms with Gasteiger partial charge in [-0.2, -0.15) is 0 Å². The number of benzene rings is 2. The smallest absolute Gasteiger partial charge is 0.159 e. The van der Waals surface area contributed by atoms with Crippen molar-refractivity contribution >= 4 is 5.69 Å². The molecule has 0 spiro atoms. The van der Waals surface area contributed by atoms with Crippen molar-refractivity contribution in [2.75, 3.05) is 12.0 Å². The van der Waals surface area contributed by atoms with E-state index in [1.165, 1.54) is 0 Å². The fourth-order valence-corrected chi connectivity index (χ4v) is 2.00. The molecule has 2 aromatic carbocycles. The van der Waals surface area contributed by atoms with Crippen LogP contribution in [0.3, 0.4) is 0 Å². The molecular weight excluding hydrogens is 284 g/mol. The average molecular weight is 300 g/mol. The first-order valence-electron chi connectivity index (χ1n) is 7.35. The molecule has 3 rings (SSSR count). The summed E-state index contributed by atoms with van der Waals surface area (Å²) in [6.45, 7) is 0.404. The minimum absolute atomic E-state index is 0.404. The van der Waals surface area contributed by atoms with E-state index in [0.717, 1.165) is 22.7 Å². The Bertz CT molecular complexity index is 805. The maximum absolute atomic E-state index is 5.62. The molecule has 0 atom stereocenters. The largest absolute Gasteiger partial charge is 0.473 e. The third-order valence-corrected chi connectivity index (χ3v) is 3.12. The highest BCUT2D eigenvalue weighted by molar-refractivity contribution is 5.51. The van der Waals surface area contributed by atoms with Gasteiger partial charge < -0.3 is 10.1 Å². The van der Waals surface area contributed by atoms with Crippen LogP contribution in [0.2, 0.25) is 0 Å². The molecule has 0 aliphatic rings. The molecule has 1 heterocycles. The van der Waals surface area contributed by atoms with Crippen LogP contribution in [0, 0.1) is 11.8 Å². The van der Waals surface area contributed by atoms with E-state index in [1.54, 1.807) is 6.20 Å². The summed E-state index contributed by atoms with van der Waals surface area (Å²) >= 11 is 0. The topological polar surface area (TPSA) is 34.2 Å². The highest BCUT2D eigenvalue weighted by atomic mass is 16.5. The summed E-state index contributed by atoms with van der Waals surface area (Å²) in [5, 5.41) is 3.23. The van der Waals surface area contributed by atoms with Crippen molar-refractivity contribution in [1.82, 2.24) is 4.98 Å². The zero-order chi connectivity index (χ0) is 15.7. The van der Waals surface area contributed by atoms with Crippen LogP contribution < -0.4 is 10.1 Å². The number of anilines is 1. The summed E-state index contributed by atoms with van der Waals surface area (Å²) in [6, 6.07) is 23.3. The summed E-state index contributed by atoms with van der Waals surface area (Å²) < 4.78 is 5.62. The molecule has 0 aliphatic carbocycles. The van der Waals surface area contributed by atoms with Gasteiger partial charge >= 0.3 is 0 Å². The number of para-hydroxylation sites is 1. The second-order valence-corrected chi connectivity index (χ2v) is 4.82. The number of nitrogens with one attached hydrogen (secondary N) is 1. The Balaban J connectivity index is 1.60. The van der Waals surface area contributed by atoms with Gasteiger partial charge in [0.25, 0.3) is 0 Å². The van der Waals surface area contributed by atoms with Crippen molar-refractivity contribution in [2.24, 2.45) is 0 Å². The van der Waals surface area contributed by atoms with Gasteiger partial charge in [0.15, 0.2) is 6.73 Å². The molecule has 0 saturated heterocycles. The van der Waals surface area contributed by atoms with Crippen LogP contribution in [0.5, 0.6) is 5.75 Å². The van der Waals surface area contributed by atoms with E-state index in [4.69, 9.17) is 4.74 Å². The van der Waals surface area contributed by atoms with E-state index in [-0.39, 0.29) is 0 Å². The standard InChI is InChI=1S/C20H16N2O/c1-2-10-20(11-3-1)23-16-22-19-9-6-7-17(15-19)12-13-18-8-4-5-14-21-18/h1-11,14-15,22H,16H2. The van der Waals surface area contributed by atoms with Gasteiger partial charge in [-0.05, 0) is 48.4 Å². The normalized spacial score (nSPS) is 9.57. The van der Waals surface area contributed by atoms with E-state index in [0.29, 0.717) is 6.73 Å². The summed E-state index contributed by atoms with van der Waals surface area (Å²) in [6.07, 6.45) is 1.74. The maximum atomic E-state index is 5.62. The van der Waals surface area contributed by atoms with E-state index in [9.17, 15) is 0 Å². The van der Waals surface area contributed by atoms with Gasteiger partial charge in [0.1, 0.15) is 11.4 Å². The van der Waals surface area contributed by atoms with Crippen molar-refractivity contribution in [3.05, 3.63) is 90.3 Å². The number of hydrogen-bond donors (Lipinski definition) is 1. The highest BCUT2D eigenvalue weighted by Crippen LogP contribution is 2.12. The maximum Gasteiger partial charge on any atom is 0.159 e. The van der Waals surface area contributed by atoms with Crippen molar-refractivity contribution in [2.45, 2.75) is 0 Å². The van der Waals surface area contributed by atoms with Gasteiger partial charge in [0, 0.05) is 17.4 Å². The summed E-state index contributed by atoms with van der Waals surface area (Å²) in [4.78, 5) is 4.19. The number of pyridine rings is 1. The molecule has 3 aromatic rings. The van der Waals surface area contributed by atoms with Crippen molar-refractivity contribution < 1.29 is 4.74 Å². The minimum atomic E-state index is 0.404. The molecule has 1 N–H and O–H groups in total. The van der Waals surface area contributed by atoms with Gasteiger partial charge in [-0.1, -0.05) is 36.3 Å². The molecule has 0 aliphatic heterocycles. The second-order valence-electron chi connectivity index (χ2n) is 4.82. The lowest BCUT2D eigenvalue weighted by atomic mass is 10.2. The van der Waals surface area contributed by atoms with E-state index < -0.39 is 0 Å². The Labute approximate surface area is 136 Å². The molecule has 0 bridgehead atoms. The van der Waals surface area contributed by atoms with E-state index in [1.807, 2.05) is 72.8 Å². The summed E-state index contributed by atoms with van der Waals surface area (Å²) in [7, 11) is 0. The third kappa shape index (κ3) is 4.62. The lowest BCUT2D eigenvalue weighted by Gasteiger charge is -2.09. The van der Waals surface area contributed by atoms with Crippen LogP contribution in [-0.4, -0.2) is 11.7 Å². The number of hydrogen-bond acceptors (Lipinski definition) is 3. The number of rotatable bonds is 4. The molecule has 0 amide bonds. The van der Waals surface area contributed by atoms with Crippen LogP contribution in [-0.2, 0) is 0 Å². The first-order chi connectivity index (χ1) is 11.4. The quantitative estimate of drug-likeness (QED) is 0.585. The molecule has 0 radical (unpaired) electrons. The number of ether oxygens (including phenoxy) is 1. The number of aromatic nitrogens is 1. The van der Waals surface area contributed by atoms with Crippen molar-refractivity contribution in [3.8, 4) is 17.6 Å². The predicted molar refractivity (Wildman–Crippen MR) is 92.2 cm³/mol. The highest BCUT2D eigenvalue weighted by Gasteiger charge is 1.95. The third-order valence-electron chi connectivity index (χ3n) is 3.12. The van der Waals surface area contributed by atoms with Crippen molar-refractivity contribution in [3.63, 3.8) is 0 Å². The van der Waals surface area contributed by atoms with Crippen molar-refractivity contribution in [1.29, 1.82) is 0 Å². The van der Waals surface area contributed by atoms with Gasteiger partial charge in [-0.3, -0.25) is 0 Å². The Morgan fingerprint density at radius 1 is 0.870 bits per heavy atom. The first-order valence-corrected chi connectivity index (χ1v) is 7.35. The Kier molecular flexibility index (Phi) is 4.90. The van der Waals surface area contributed by atoms with E-state index in [2.05, 4.69) is 22.1 Å². The molecule has 3 heteroatoms. The first kappa shape index (κ1) is 14.7. The van der Waals surface area contributed by atoms with Crippen LogP contribution in [0.25, 0.3) is 0 Å². The van der Waals surface area contributed by atoms with Gasteiger partial charge in [0.2, 0.25) is 0 Å². The molecule has 0 saturated carbocycles. The second kappa shape index (κ2) is 7.67. The molecule has 23 heavy (non-hydrogen) atoms.